The third-order valence-corrected chi connectivity index (χ3v) is 5.43. The molecule has 4 atom stereocenters. The van der Waals surface area contributed by atoms with E-state index < -0.39 is 60.1 Å². The van der Waals surface area contributed by atoms with Crippen molar-refractivity contribution in [2.45, 2.75) is 66.0 Å². The summed E-state index contributed by atoms with van der Waals surface area (Å²) < 4.78 is 21.1. The van der Waals surface area contributed by atoms with Gasteiger partial charge in [-0.15, -0.1) is 0 Å². The first-order valence-electron chi connectivity index (χ1n) is 12.2. The summed E-state index contributed by atoms with van der Waals surface area (Å²) >= 11 is 0. The molecule has 0 spiro atoms. The van der Waals surface area contributed by atoms with Crippen molar-refractivity contribution in [3.05, 3.63) is 59.7 Å². The molecular formula is C28H32N2O10. The highest BCUT2D eigenvalue weighted by atomic mass is 16.6. The van der Waals surface area contributed by atoms with Gasteiger partial charge in [0.15, 0.2) is 12.2 Å². The molecule has 0 heterocycles. The molecule has 0 unspecified atom stereocenters. The van der Waals surface area contributed by atoms with E-state index in [4.69, 9.17) is 18.9 Å². The van der Waals surface area contributed by atoms with Gasteiger partial charge < -0.3 is 29.6 Å². The molecule has 0 aliphatic rings. The lowest BCUT2D eigenvalue weighted by molar-refractivity contribution is -0.198. The van der Waals surface area contributed by atoms with Crippen LogP contribution >= 0.6 is 0 Å². The minimum Gasteiger partial charge on any atom is -0.454 e. The van der Waals surface area contributed by atoms with Crippen molar-refractivity contribution in [2.24, 2.45) is 0 Å². The molecule has 2 aromatic carbocycles. The van der Waals surface area contributed by atoms with Crippen LogP contribution in [0.1, 0.15) is 38.8 Å². The molecule has 0 aromatic heterocycles. The Bertz CT molecular complexity index is 1180. The maximum Gasteiger partial charge on any atom is 0.303 e. The van der Waals surface area contributed by atoms with Crippen LogP contribution in [0.25, 0.3) is 0 Å². The fourth-order valence-corrected chi connectivity index (χ4v) is 3.72. The van der Waals surface area contributed by atoms with E-state index in [0.29, 0.717) is 22.5 Å². The normalized spacial score (nSPS) is 13.4. The Kier molecular flexibility index (Phi) is 11.4. The van der Waals surface area contributed by atoms with Crippen molar-refractivity contribution in [1.82, 2.24) is 0 Å². The van der Waals surface area contributed by atoms with Crippen LogP contribution in [0.2, 0.25) is 0 Å². The average Bonchev–Trinajstić information content (AvgIpc) is 2.85. The van der Waals surface area contributed by atoms with Gasteiger partial charge in [-0.2, -0.15) is 0 Å². The maximum absolute atomic E-state index is 13.4. The summed E-state index contributed by atoms with van der Waals surface area (Å²) in [6, 6.07) is 13.4. The first kappa shape index (κ1) is 31.5. The smallest absolute Gasteiger partial charge is 0.303 e. The molecular weight excluding hydrogens is 524 g/mol. The van der Waals surface area contributed by atoms with E-state index >= 15 is 0 Å². The quantitative estimate of drug-likeness (QED) is 0.311. The van der Waals surface area contributed by atoms with Crippen LogP contribution in [0.15, 0.2) is 48.5 Å². The Labute approximate surface area is 231 Å². The third-order valence-electron chi connectivity index (χ3n) is 5.43. The number of carbonyl (C=O) groups excluding carboxylic acids is 6. The molecule has 0 saturated carbocycles. The van der Waals surface area contributed by atoms with Gasteiger partial charge in [-0.3, -0.25) is 28.8 Å². The predicted molar refractivity (Wildman–Crippen MR) is 142 cm³/mol. The molecule has 12 heteroatoms. The van der Waals surface area contributed by atoms with Gasteiger partial charge in [-0.1, -0.05) is 36.4 Å². The van der Waals surface area contributed by atoms with Crippen LogP contribution in [-0.4, -0.2) is 60.1 Å². The first-order chi connectivity index (χ1) is 18.8. The summed E-state index contributed by atoms with van der Waals surface area (Å²) in [7, 11) is 0. The molecule has 2 amide bonds. The van der Waals surface area contributed by atoms with Crippen molar-refractivity contribution < 1.29 is 47.7 Å². The fourth-order valence-electron chi connectivity index (χ4n) is 3.72. The highest BCUT2D eigenvalue weighted by molar-refractivity contribution is 5.98. The molecule has 12 nitrogen and oxygen atoms in total. The molecule has 0 saturated heterocycles. The average molecular weight is 557 g/mol. The monoisotopic (exact) mass is 556 g/mol. The van der Waals surface area contributed by atoms with E-state index in [1.807, 2.05) is 0 Å². The first-order valence-corrected chi connectivity index (χ1v) is 12.2. The van der Waals surface area contributed by atoms with Crippen molar-refractivity contribution in [1.29, 1.82) is 0 Å². The van der Waals surface area contributed by atoms with E-state index in [1.165, 1.54) is 0 Å². The molecule has 40 heavy (non-hydrogen) atoms. The Morgan fingerprint density at radius 3 is 1.10 bits per heavy atom. The van der Waals surface area contributed by atoms with Crippen molar-refractivity contribution in [3.63, 3.8) is 0 Å². The molecule has 214 valence electrons. The second-order valence-corrected chi connectivity index (χ2v) is 8.82. The summed E-state index contributed by atoms with van der Waals surface area (Å²) in [6.45, 7) is 7.44. The second-order valence-electron chi connectivity index (χ2n) is 8.82. The fraction of sp³-hybridized carbons (Fsp3) is 0.357. The number of hydrogen-bond acceptors (Lipinski definition) is 10. The van der Waals surface area contributed by atoms with Gasteiger partial charge in [-0.25, -0.2) is 0 Å². The van der Waals surface area contributed by atoms with Gasteiger partial charge in [0.2, 0.25) is 12.2 Å². The highest BCUT2D eigenvalue weighted by Gasteiger charge is 2.49. The Morgan fingerprint density at radius 1 is 0.525 bits per heavy atom. The molecule has 2 aromatic rings. The molecule has 0 aliphatic heterocycles. The molecule has 0 radical (unpaired) electrons. The summed E-state index contributed by atoms with van der Waals surface area (Å²) in [5.41, 5.74) is 2.02. The SMILES string of the molecule is CC(=O)O[C@H]([C@@H](OC(C)=O)[C@H](OC(C)=O)C(=O)Nc1ccccc1C)[C@H](OC(C)=O)C(=O)Nc1ccccc1C. The zero-order chi connectivity index (χ0) is 30.0. The summed E-state index contributed by atoms with van der Waals surface area (Å²) in [6.07, 6.45) is -7.70. The molecule has 0 aliphatic carbocycles. The maximum atomic E-state index is 13.4. The number of para-hydroxylation sites is 2. The summed E-state index contributed by atoms with van der Waals surface area (Å²) in [5, 5.41) is 5.16. The van der Waals surface area contributed by atoms with Crippen LogP contribution in [0, 0.1) is 13.8 Å². The lowest BCUT2D eigenvalue weighted by Gasteiger charge is -2.34. The minimum atomic E-state index is -1.94. The van der Waals surface area contributed by atoms with Crippen LogP contribution in [0.3, 0.4) is 0 Å². The number of benzene rings is 2. The number of anilines is 2. The van der Waals surface area contributed by atoms with E-state index in [9.17, 15) is 28.8 Å². The van der Waals surface area contributed by atoms with Crippen LogP contribution in [0.4, 0.5) is 11.4 Å². The standard InChI is InChI=1S/C28H32N2O10/c1-15-11-7-9-13-21(15)29-27(35)25(39-19(5)33)23(37-17(3)31)24(38-18(4)32)26(40-20(6)34)28(36)30-22-14-10-8-12-16(22)2/h7-14,23-26H,1-6H3,(H,29,35)(H,30,36)/t23-,24-,25+,26+/m1/s1. The van der Waals surface area contributed by atoms with Gasteiger partial charge >= 0.3 is 23.9 Å². The zero-order valence-corrected chi connectivity index (χ0v) is 23.0. The number of carbonyl (C=O) groups is 6. The number of rotatable bonds is 11. The number of esters is 4. The van der Waals surface area contributed by atoms with E-state index in [1.54, 1.807) is 62.4 Å². The summed E-state index contributed by atoms with van der Waals surface area (Å²) in [4.78, 5) is 75.3. The molecule has 0 bridgehead atoms. The number of aryl methyl sites for hydroxylation is 2. The van der Waals surface area contributed by atoms with Crippen LogP contribution in [0.5, 0.6) is 0 Å². The molecule has 0 fully saturated rings. The van der Waals surface area contributed by atoms with Crippen molar-refractivity contribution >= 4 is 47.1 Å². The van der Waals surface area contributed by atoms with Gasteiger partial charge in [0, 0.05) is 39.1 Å². The second kappa shape index (κ2) is 14.4. The topological polar surface area (TPSA) is 163 Å². The van der Waals surface area contributed by atoms with Crippen molar-refractivity contribution in [2.75, 3.05) is 10.6 Å². The molecule has 2 N–H and O–H groups in total. The molecule has 2 rings (SSSR count). The number of nitrogens with one attached hydrogen (secondary N) is 2. The lowest BCUT2D eigenvalue weighted by atomic mass is 9.99. The third kappa shape index (κ3) is 9.22. The van der Waals surface area contributed by atoms with Crippen LogP contribution < -0.4 is 10.6 Å². The minimum absolute atomic E-state index is 0.351. The summed E-state index contributed by atoms with van der Waals surface area (Å²) in [5.74, 6) is -5.76. The number of ether oxygens (including phenoxy) is 4. The van der Waals surface area contributed by atoms with Crippen LogP contribution in [-0.2, 0) is 47.7 Å². The predicted octanol–water partition coefficient (Wildman–Crippen LogP) is 2.61. The van der Waals surface area contributed by atoms with Gasteiger partial charge in [0.25, 0.3) is 11.8 Å². The highest BCUT2D eigenvalue weighted by Crippen LogP contribution is 2.24. The van der Waals surface area contributed by atoms with Gasteiger partial charge in [-0.05, 0) is 37.1 Å². The van der Waals surface area contributed by atoms with E-state index in [-0.39, 0.29) is 0 Å². The van der Waals surface area contributed by atoms with E-state index in [0.717, 1.165) is 27.7 Å². The van der Waals surface area contributed by atoms with Gasteiger partial charge in [0.1, 0.15) is 0 Å². The Balaban J connectivity index is 2.62. The Hall–Kier alpha value is -4.74. The van der Waals surface area contributed by atoms with Crippen molar-refractivity contribution in [3.8, 4) is 0 Å². The largest absolute Gasteiger partial charge is 0.454 e. The Morgan fingerprint density at radius 2 is 0.825 bits per heavy atom. The lowest BCUT2D eigenvalue weighted by Crippen LogP contribution is -2.57. The number of hydrogen-bond donors (Lipinski definition) is 2. The van der Waals surface area contributed by atoms with E-state index in [2.05, 4.69) is 10.6 Å². The zero-order valence-electron chi connectivity index (χ0n) is 23.0. The van der Waals surface area contributed by atoms with Gasteiger partial charge in [0.05, 0.1) is 0 Å². The number of amides is 2.